The third-order valence-electron chi connectivity index (χ3n) is 8.99. The zero-order valence-electron chi connectivity index (χ0n) is 20.9. The van der Waals surface area contributed by atoms with Gasteiger partial charge in [0.05, 0.1) is 0 Å². The van der Waals surface area contributed by atoms with Crippen LogP contribution in [0.4, 0.5) is 0 Å². The number of carbonyl (C=O) groups excluding carboxylic acids is 2. The summed E-state index contributed by atoms with van der Waals surface area (Å²) >= 11 is -0.0650. The molecular formula is C35H21NO2Se. The Morgan fingerprint density at radius 2 is 1.41 bits per heavy atom. The van der Waals surface area contributed by atoms with Crippen LogP contribution in [0.15, 0.2) is 103 Å². The Hall–Kier alpha value is -4.24. The summed E-state index contributed by atoms with van der Waals surface area (Å²) in [6, 6.07) is 33.8. The number of benzene rings is 4. The first-order valence-electron chi connectivity index (χ1n) is 13.3. The number of carbonyl (C=O) groups is 2. The molecule has 4 aromatic carbocycles. The number of hydrogen-bond donors (Lipinski definition) is 0. The van der Waals surface area contributed by atoms with Gasteiger partial charge >= 0.3 is 231 Å². The van der Waals surface area contributed by atoms with E-state index in [-0.39, 0.29) is 31.5 Å². The van der Waals surface area contributed by atoms with Gasteiger partial charge in [-0.3, -0.25) is 0 Å². The molecule has 1 unspecified atom stereocenters. The fraction of sp³-hybridized carbons (Fsp3) is 0.0857. The molecule has 2 aromatic heterocycles. The van der Waals surface area contributed by atoms with Crippen LogP contribution in [0, 0.1) is 0 Å². The van der Waals surface area contributed by atoms with Crippen molar-refractivity contribution in [1.29, 1.82) is 0 Å². The molecule has 2 aliphatic carbocycles. The second-order valence-electron chi connectivity index (χ2n) is 10.7. The number of hydrogen-bond acceptors (Lipinski definition) is 2. The topological polar surface area (TPSA) is 39.1 Å². The molecule has 3 heterocycles. The van der Waals surface area contributed by atoms with Crippen molar-refractivity contribution >= 4 is 54.0 Å². The number of nitrogens with zero attached hydrogens (tertiary/aromatic N) is 1. The van der Waals surface area contributed by atoms with Crippen molar-refractivity contribution in [1.82, 2.24) is 4.57 Å². The molecule has 3 aliphatic rings. The van der Waals surface area contributed by atoms with Gasteiger partial charge in [-0.05, 0) is 0 Å². The van der Waals surface area contributed by atoms with Gasteiger partial charge in [0, 0.05) is 0 Å². The van der Waals surface area contributed by atoms with Gasteiger partial charge in [-0.15, -0.1) is 0 Å². The van der Waals surface area contributed by atoms with Gasteiger partial charge in [0.25, 0.3) is 0 Å². The number of aromatic nitrogens is 1. The Balaban J connectivity index is 1.37. The first kappa shape index (κ1) is 21.7. The van der Waals surface area contributed by atoms with E-state index in [4.69, 9.17) is 0 Å². The first-order valence-corrected chi connectivity index (χ1v) is 15.0. The Bertz CT molecular complexity index is 2090. The van der Waals surface area contributed by atoms with Crippen LogP contribution in [0.5, 0.6) is 0 Å². The Kier molecular flexibility index (Phi) is 4.14. The summed E-state index contributed by atoms with van der Waals surface area (Å²) in [4.78, 5) is 26.5. The van der Waals surface area contributed by atoms with E-state index >= 15 is 0 Å². The molecule has 6 aromatic rings. The van der Waals surface area contributed by atoms with E-state index in [1.807, 2.05) is 18.2 Å². The fourth-order valence-corrected chi connectivity index (χ4v) is 9.90. The van der Waals surface area contributed by atoms with Gasteiger partial charge in [-0.1, -0.05) is 0 Å². The van der Waals surface area contributed by atoms with E-state index in [0.717, 1.165) is 17.3 Å². The monoisotopic (exact) mass is 567 g/mol. The van der Waals surface area contributed by atoms with Gasteiger partial charge in [-0.2, -0.15) is 0 Å². The number of Topliss-reactive ketones (excluding diaryl/α,β-unsaturated/α-hetero) is 2. The van der Waals surface area contributed by atoms with Crippen molar-refractivity contribution in [3.05, 3.63) is 140 Å². The Morgan fingerprint density at radius 3 is 2.26 bits per heavy atom. The van der Waals surface area contributed by atoms with E-state index in [1.165, 1.54) is 48.6 Å². The van der Waals surface area contributed by atoms with Gasteiger partial charge < -0.3 is 0 Å². The Labute approximate surface area is 230 Å². The van der Waals surface area contributed by atoms with Gasteiger partial charge in [0.15, 0.2) is 0 Å². The van der Waals surface area contributed by atoms with Crippen LogP contribution in [0.3, 0.4) is 0 Å². The van der Waals surface area contributed by atoms with Crippen LogP contribution in [0.2, 0.25) is 0 Å². The van der Waals surface area contributed by atoms with Crippen LogP contribution < -0.4 is 0 Å². The minimum atomic E-state index is -0.232. The summed E-state index contributed by atoms with van der Waals surface area (Å²) in [6.45, 7) is 0. The summed E-state index contributed by atoms with van der Waals surface area (Å²) in [7, 11) is 0. The molecule has 3 nitrogen and oxygen atoms in total. The van der Waals surface area contributed by atoms with Crippen LogP contribution in [-0.2, 0) is 11.8 Å². The predicted molar refractivity (Wildman–Crippen MR) is 155 cm³/mol. The van der Waals surface area contributed by atoms with Crippen LogP contribution in [0.25, 0.3) is 32.4 Å². The fourth-order valence-electron chi connectivity index (χ4n) is 7.38. The average molecular weight is 567 g/mol. The first-order chi connectivity index (χ1) is 19.2. The van der Waals surface area contributed by atoms with E-state index < -0.39 is 0 Å². The molecule has 1 spiro atoms. The van der Waals surface area contributed by atoms with Crippen LogP contribution in [-0.4, -0.2) is 30.6 Å². The second-order valence-corrected chi connectivity index (χ2v) is 13.0. The number of fused-ring (bicyclic) bond motifs is 10. The van der Waals surface area contributed by atoms with Crippen molar-refractivity contribution in [2.45, 2.75) is 18.3 Å². The zero-order chi connectivity index (χ0) is 25.9. The predicted octanol–water partition coefficient (Wildman–Crippen LogP) is 6.90. The summed E-state index contributed by atoms with van der Waals surface area (Å²) < 4.78 is 4.89. The molecule has 1 aliphatic heterocycles. The number of para-hydroxylation sites is 2. The molecule has 4 heteroatoms. The van der Waals surface area contributed by atoms with E-state index in [0.29, 0.717) is 16.7 Å². The SMILES string of the molecule is O=C1C(=Cc2cc3c([se]2)-n2c4ccccc4c4cccc(c42)C32CCc3ccccc32)C(=O)c2ccccc21. The molecule has 0 radical (unpaired) electrons. The number of rotatable bonds is 1. The summed E-state index contributed by atoms with van der Waals surface area (Å²) in [5.74, 6) is -0.314. The van der Waals surface area contributed by atoms with Crippen LogP contribution >= 0.6 is 0 Å². The molecule has 0 saturated carbocycles. The molecule has 0 bridgehead atoms. The van der Waals surface area contributed by atoms with Crippen molar-refractivity contribution < 1.29 is 9.59 Å². The molecule has 1 atom stereocenters. The van der Waals surface area contributed by atoms with Gasteiger partial charge in [-0.25, -0.2) is 0 Å². The van der Waals surface area contributed by atoms with Crippen molar-refractivity contribution in [2.75, 3.05) is 0 Å². The number of ketones is 2. The summed E-state index contributed by atoms with van der Waals surface area (Å²) in [5, 5.41) is 2.56. The van der Waals surface area contributed by atoms with Gasteiger partial charge in [0.1, 0.15) is 0 Å². The molecule has 9 rings (SSSR count). The molecule has 0 N–H and O–H groups in total. The van der Waals surface area contributed by atoms with Crippen molar-refractivity contribution in [3.63, 3.8) is 0 Å². The summed E-state index contributed by atoms with van der Waals surface area (Å²) in [6.07, 6.45) is 3.95. The van der Waals surface area contributed by atoms with Crippen LogP contribution in [0.1, 0.15) is 53.8 Å². The molecule has 0 amide bonds. The standard InChI is InChI=1S/C35H21NO2Se/c37-32-24-10-2-3-11-25(24)33(38)26(32)18-21-19-29-34(39-21)36-30-15-6-4-9-22(30)23-12-7-14-28(31(23)36)35(29)17-16-20-8-1-5-13-27(20)35/h1-15,18-19H,16-17H2. The van der Waals surface area contributed by atoms with E-state index in [9.17, 15) is 9.59 Å². The third kappa shape index (κ3) is 2.59. The quantitative estimate of drug-likeness (QED) is 0.123. The second kappa shape index (κ2) is 7.44. The molecule has 39 heavy (non-hydrogen) atoms. The summed E-state index contributed by atoms with van der Waals surface area (Å²) in [5.41, 5.74) is 9.12. The molecule has 184 valence electrons. The zero-order valence-corrected chi connectivity index (χ0v) is 22.6. The molecule has 0 fully saturated rings. The maximum atomic E-state index is 13.3. The van der Waals surface area contributed by atoms with E-state index in [2.05, 4.69) is 77.4 Å². The normalized spacial score (nSPS) is 18.7. The average Bonchev–Trinajstić information content (AvgIpc) is 3.72. The Morgan fingerprint density at radius 1 is 0.718 bits per heavy atom. The molecule has 0 saturated heterocycles. The van der Waals surface area contributed by atoms with Crippen molar-refractivity contribution in [2.24, 2.45) is 0 Å². The van der Waals surface area contributed by atoms with E-state index in [1.54, 1.807) is 12.1 Å². The minimum absolute atomic E-state index is 0.0650. The third-order valence-corrected chi connectivity index (χ3v) is 11.2. The van der Waals surface area contributed by atoms with Crippen molar-refractivity contribution in [3.8, 4) is 4.56 Å². The number of aryl methyl sites for hydroxylation is 1. The number of allylic oxidation sites excluding steroid dienone is 1. The van der Waals surface area contributed by atoms with Gasteiger partial charge in [0.2, 0.25) is 0 Å². The molecular weight excluding hydrogens is 545 g/mol. The maximum absolute atomic E-state index is 13.3.